The molecule has 0 spiro atoms. The maximum atomic E-state index is 8.75. The van der Waals surface area contributed by atoms with E-state index >= 15 is 0 Å². The minimum atomic E-state index is 0.236. The SMILES string of the molecule is CC(CO)CSC(C)CC(=N)N. The van der Waals surface area contributed by atoms with Crippen LogP contribution in [0.25, 0.3) is 0 Å². The molecule has 0 aliphatic rings. The molecule has 4 N–H and O–H groups in total. The molecule has 0 fully saturated rings. The fraction of sp³-hybridized carbons (Fsp3) is 0.875. The van der Waals surface area contributed by atoms with Crippen LogP contribution in [0, 0.1) is 11.3 Å². The van der Waals surface area contributed by atoms with Crippen molar-refractivity contribution in [2.24, 2.45) is 11.7 Å². The number of rotatable bonds is 6. The zero-order valence-corrected chi connectivity index (χ0v) is 8.53. The van der Waals surface area contributed by atoms with Crippen molar-refractivity contribution in [3.05, 3.63) is 0 Å². The molecule has 72 valence electrons. The van der Waals surface area contributed by atoms with E-state index in [1.807, 2.05) is 6.92 Å². The predicted molar refractivity (Wildman–Crippen MR) is 54.7 cm³/mol. The van der Waals surface area contributed by atoms with Crippen molar-refractivity contribution in [1.82, 2.24) is 0 Å². The topological polar surface area (TPSA) is 70.1 Å². The largest absolute Gasteiger partial charge is 0.396 e. The summed E-state index contributed by atoms with van der Waals surface area (Å²) in [6.07, 6.45) is 0.642. The fourth-order valence-electron chi connectivity index (χ4n) is 0.750. The lowest BCUT2D eigenvalue weighted by Crippen LogP contribution is -2.16. The molecule has 0 radical (unpaired) electrons. The van der Waals surface area contributed by atoms with Gasteiger partial charge in [-0.25, -0.2) is 0 Å². The summed E-state index contributed by atoms with van der Waals surface area (Å²) in [4.78, 5) is 0. The average molecular weight is 190 g/mol. The zero-order valence-electron chi connectivity index (χ0n) is 7.71. The second-order valence-corrected chi connectivity index (χ2v) is 4.63. The van der Waals surface area contributed by atoms with Crippen molar-refractivity contribution in [2.75, 3.05) is 12.4 Å². The van der Waals surface area contributed by atoms with Gasteiger partial charge in [-0.2, -0.15) is 11.8 Å². The molecule has 0 heterocycles. The first kappa shape index (κ1) is 11.8. The number of thioether (sulfide) groups is 1. The molecule has 2 unspecified atom stereocenters. The second-order valence-electron chi connectivity index (χ2n) is 3.16. The molecule has 0 bridgehead atoms. The van der Waals surface area contributed by atoms with Gasteiger partial charge < -0.3 is 10.8 Å². The van der Waals surface area contributed by atoms with E-state index in [1.54, 1.807) is 11.8 Å². The van der Waals surface area contributed by atoms with E-state index < -0.39 is 0 Å². The number of nitrogens with one attached hydrogen (secondary N) is 1. The van der Waals surface area contributed by atoms with E-state index in [2.05, 4.69) is 6.92 Å². The van der Waals surface area contributed by atoms with E-state index in [1.165, 1.54) is 0 Å². The van der Waals surface area contributed by atoms with Gasteiger partial charge in [-0.15, -0.1) is 0 Å². The Bertz CT molecular complexity index is 141. The average Bonchev–Trinajstić information content (AvgIpc) is 1.99. The normalized spacial score (nSPS) is 15.6. The lowest BCUT2D eigenvalue weighted by atomic mass is 10.2. The van der Waals surface area contributed by atoms with Crippen molar-refractivity contribution in [2.45, 2.75) is 25.5 Å². The Morgan fingerprint density at radius 2 is 2.17 bits per heavy atom. The number of nitrogens with two attached hydrogens (primary N) is 1. The number of amidine groups is 1. The summed E-state index contributed by atoms with van der Waals surface area (Å²) in [6, 6.07) is 0. The second kappa shape index (κ2) is 6.31. The Balaban J connectivity index is 3.43. The molecule has 0 amide bonds. The van der Waals surface area contributed by atoms with Crippen LogP contribution in [0.5, 0.6) is 0 Å². The van der Waals surface area contributed by atoms with Crippen molar-refractivity contribution < 1.29 is 5.11 Å². The summed E-state index contributed by atoms with van der Waals surface area (Å²) in [7, 11) is 0. The molecular formula is C8H18N2OS. The van der Waals surface area contributed by atoms with Crippen LogP contribution in [-0.4, -0.2) is 28.6 Å². The minimum Gasteiger partial charge on any atom is -0.396 e. The van der Waals surface area contributed by atoms with Crippen LogP contribution in [0.1, 0.15) is 20.3 Å². The van der Waals surface area contributed by atoms with Crippen LogP contribution in [0.2, 0.25) is 0 Å². The predicted octanol–water partition coefficient (Wildman–Crippen LogP) is 1.06. The summed E-state index contributed by atoms with van der Waals surface area (Å²) < 4.78 is 0. The Labute approximate surface area is 78.2 Å². The van der Waals surface area contributed by atoms with Crippen LogP contribution in [0.3, 0.4) is 0 Å². The lowest BCUT2D eigenvalue weighted by Gasteiger charge is -2.12. The number of aliphatic hydroxyl groups excluding tert-OH is 1. The third-order valence-corrected chi connectivity index (χ3v) is 2.98. The van der Waals surface area contributed by atoms with Crippen LogP contribution in [-0.2, 0) is 0 Å². The lowest BCUT2D eigenvalue weighted by molar-refractivity contribution is 0.250. The Kier molecular flexibility index (Phi) is 6.20. The van der Waals surface area contributed by atoms with Gasteiger partial charge in [-0.05, 0) is 11.7 Å². The molecule has 0 aliphatic carbocycles. The van der Waals surface area contributed by atoms with Crippen molar-refractivity contribution in [1.29, 1.82) is 5.41 Å². The van der Waals surface area contributed by atoms with Crippen molar-refractivity contribution >= 4 is 17.6 Å². The molecule has 12 heavy (non-hydrogen) atoms. The van der Waals surface area contributed by atoms with Gasteiger partial charge in [0.1, 0.15) is 0 Å². The fourth-order valence-corrected chi connectivity index (χ4v) is 1.81. The molecule has 0 saturated carbocycles. The Hall–Kier alpha value is -0.220. The number of hydrogen-bond acceptors (Lipinski definition) is 3. The highest BCUT2D eigenvalue weighted by atomic mass is 32.2. The monoisotopic (exact) mass is 190 g/mol. The van der Waals surface area contributed by atoms with Gasteiger partial charge in [0, 0.05) is 18.3 Å². The van der Waals surface area contributed by atoms with Crippen molar-refractivity contribution in [3.8, 4) is 0 Å². The maximum absolute atomic E-state index is 8.75. The smallest absolute Gasteiger partial charge is 0.0916 e. The summed E-state index contributed by atoms with van der Waals surface area (Å²) in [6.45, 7) is 4.30. The Morgan fingerprint density at radius 3 is 2.58 bits per heavy atom. The molecule has 3 nitrogen and oxygen atoms in total. The van der Waals surface area contributed by atoms with Crippen LogP contribution >= 0.6 is 11.8 Å². The van der Waals surface area contributed by atoms with E-state index in [-0.39, 0.29) is 12.4 Å². The van der Waals surface area contributed by atoms with E-state index in [4.69, 9.17) is 16.2 Å². The quantitative estimate of drug-likeness (QED) is 0.433. The summed E-state index contributed by atoms with van der Waals surface area (Å²) in [5.74, 6) is 1.52. The van der Waals surface area contributed by atoms with Gasteiger partial charge in [0.05, 0.1) is 5.84 Å². The summed E-state index contributed by atoms with van der Waals surface area (Å²) in [5.41, 5.74) is 5.25. The molecule has 0 aromatic carbocycles. The van der Waals surface area contributed by atoms with Gasteiger partial charge in [-0.3, -0.25) is 5.41 Å². The van der Waals surface area contributed by atoms with Crippen LogP contribution < -0.4 is 5.73 Å². The molecule has 0 aliphatic heterocycles. The van der Waals surface area contributed by atoms with E-state index in [0.29, 0.717) is 17.6 Å². The van der Waals surface area contributed by atoms with Gasteiger partial charge in [0.15, 0.2) is 0 Å². The molecule has 4 heteroatoms. The van der Waals surface area contributed by atoms with Crippen LogP contribution in [0.4, 0.5) is 0 Å². The summed E-state index contributed by atoms with van der Waals surface area (Å²) >= 11 is 1.76. The standard InChI is InChI=1S/C8H18N2OS/c1-6(4-11)5-12-7(2)3-8(9)10/h6-7,11H,3-5H2,1-2H3,(H3,9,10). The van der Waals surface area contributed by atoms with Crippen LogP contribution in [0.15, 0.2) is 0 Å². The maximum Gasteiger partial charge on any atom is 0.0916 e. The molecule has 0 aromatic heterocycles. The third kappa shape index (κ3) is 6.49. The van der Waals surface area contributed by atoms with Crippen molar-refractivity contribution in [3.63, 3.8) is 0 Å². The van der Waals surface area contributed by atoms with E-state index in [9.17, 15) is 0 Å². The van der Waals surface area contributed by atoms with Gasteiger partial charge in [0.25, 0.3) is 0 Å². The number of hydrogen-bond donors (Lipinski definition) is 3. The molecule has 0 saturated heterocycles. The highest BCUT2D eigenvalue weighted by molar-refractivity contribution is 7.99. The highest BCUT2D eigenvalue weighted by Gasteiger charge is 2.06. The van der Waals surface area contributed by atoms with E-state index in [0.717, 1.165) is 5.75 Å². The number of aliphatic hydroxyl groups is 1. The molecule has 0 aromatic rings. The molecule has 2 atom stereocenters. The zero-order chi connectivity index (χ0) is 9.56. The first-order chi connectivity index (χ1) is 5.56. The first-order valence-electron chi connectivity index (χ1n) is 4.11. The first-order valence-corrected chi connectivity index (χ1v) is 5.16. The summed E-state index contributed by atoms with van der Waals surface area (Å²) in [5, 5.41) is 16.2. The minimum absolute atomic E-state index is 0.236. The highest BCUT2D eigenvalue weighted by Crippen LogP contribution is 2.16. The molecule has 0 rings (SSSR count). The van der Waals surface area contributed by atoms with Gasteiger partial charge >= 0.3 is 0 Å². The Morgan fingerprint density at radius 1 is 1.58 bits per heavy atom. The van der Waals surface area contributed by atoms with Gasteiger partial charge in [0.2, 0.25) is 0 Å². The van der Waals surface area contributed by atoms with Gasteiger partial charge in [-0.1, -0.05) is 13.8 Å². The third-order valence-electron chi connectivity index (χ3n) is 1.48. The molecular weight excluding hydrogens is 172 g/mol.